The first kappa shape index (κ1) is 13.3. The van der Waals surface area contributed by atoms with Crippen LogP contribution in [0.3, 0.4) is 0 Å². The Balaban J connectivity index is 2.00. The largest absolute Gasteiger partial charge is 0.480 e. The van der Waals surface area contributed by atoms with Crippen molar-refractivity contribution in [1.82, 2.24) is 14.9 Å². The molecule has 0 fully saturated rings. The Kier molecular flexibility index (Phi) is 3.96. The van der Waals surface area contributed by atoms with Crippen molar-refractivity contribution in [2.24, 2.45) is 0 Å². The molecule has 0 aliphatic rings. The monoisotopic (exact) mass is 279 g/mol. The fraction of sp³-hybridized carbons (Fsp3) is 0.250. The molecule has 0 aromatic carbocycles. The number of rotatable bonds is 5. The average molecular weight is 279 g/mol. The second-order valence-corrected chi connectivity index (χ2v) is 5.02. The standard InChI is InChI=1S/C12H13N3O3S/c1-8-14-9(7-19-8)5-13-12(18)10-3-2-4-15(10)6-11(16)17/h2-4,7H,5-6H2,1H3,(H,13,18)(H,16,17). The summed E-state index contributed by atoms with van der Waals surface area (Å²) in [6.07, 6.45) is 1.57. The number of nitrogens with one attached hydrogen (secondary N) is 1. The molecule has 2 aromatic heterocycles. The molecule has 0 bridgehead atoms. The molecule has 2 rings (SSSR count). The number of carbonyl (C=O) groups excluding carboxylic acids is 1. The minimum Gasteiger partial charge on any atom is -0.480 e. The highest BCUT2D eigenvalue weighted by atomic mass is 32.1. The molecule has 0 aliphatic heterocycles. The number of aliphatic carboxylic acids is 1. The van der Waals surface area contributed by atoms with Gasteiger partial charge in [0.1, 0.15) is 12.2 Å². The summed E-state index contributed by atoms with van der Waals surface area (Å²) >= 11 is 1.52. The van der Waals surface area contributed by atoms with Gasteiger partial charge in [-0.05, 0) is 19.1 Å². The van der Waals surface area contributed by atoms with Gasteiger partial charge in [-0.1, -0.05) is 0 Å². The lowest BCUT2D eigenvalue weighted by atomic mass is 10.3. The third-order valence-electron chi connectivity index (χ3n) is 2.46. The van der Waals surface area contributed by atoms with Crippen LogP contribution in [-0.2, 0) is 17.9 Å². The van der Waals surface area contributed by atoms with Gasteiger partial charge in [0.25, 0.3) is 5.91 Å². The average Bonchev–Trinajstić information content (AvgIpc) is 2.94. The van der Waals surface area contributed by atoms with Crippen LogP contribution >= 0.6 is 11.3 Å². The number of carbonyl (C=O) groups is 2. The Morgan fingerprint density at radius 2 is 2.32 bits per heavy atom. The van der Waals surface area contributed by atoms with Gasteiger partial charge < -0.3 is 15.0 Å². The van der Waals surface area contributed by atoms with E-state index < -0.39 is 5.97 Å². The van der Waals surface area contributed by atoms with Gasteiger partial charge in [0.15, 0.2) is 0 Å². The van der Waals surface area contributed by atoms with Crippen molar-refractivity contribution < 1.29 is 14.7 Å². The van der Waals surface area contributed by atoms with Crippen LogP contribution in [0.5, 0.6) is 0 Å². The van der Waals surface area contributed by atoms with Gasteiger partial charge >= 0.3 is 5.97 Å². The molecule has 100 valence electrons. The number of carboxylic acid groups (broad SMARTS) is 1. The summed E-state index contributed by atoms with van der Waals surface area (Å²) < 4.78 is 1.39. The molecule has 2 aromatic rings. The Bertz CT molecular complexity index is 603. The highest BCUT2D eigenvalue weighted by Gasteiger charge is 2.12. The summed E-state index contributed by atoms with van der Waals surface area (Å²) in [5.74, 6) is -1.29. The molecule has 2 N–H and O–H groups in total. The molecule has 0 spiro atoms. The molecule has 6 nitrogen and oxygen atoms in total. The Morgan fingerprint density at radius 3 is 2.95 bits per heavy atom. The van der Waals surface area contributed by atoms with Gasteiger partial charge in [0.2, 0.25) is 0 Å². The molecule has 0 saturated carbocycles. The van der Waals surface area contributed by atoms with Crippen molar-refractivity contribution in [2.75, 3.05) is 0 Å². The third kappa shape index (κ3) is 3.41. The van der Waals surface area contributed by atoms with Crippen molar-refractivity contribution in [2.45, 2.75) is 20.0 Å². The predicted molar refractivity (Wildman–Crippen MR) is 70.1 cm³/mol. The maximum atomic E-state index is 11.9. The summed E-state index contributed by atoms with van der Waals surface area (Å²) in [7, 11) is 0. The molecule has 0 saturated heterocycles. The predicted octanol–water partition coefficient (Wildman–Crippen LogP) is 1.27. The molecular formula is C12H13N3O3S. The topological polar surface area (TPSA) is 84.2 Å². The SMILES string of the molecule is Cc1nc(CNC(=O)c2cccn2CC(=O)O)cs1. The molecule has 19 heavy (non-hydrogen) atoms. The first-order chi connectivity index (χ1) is 9.06. The van der Waals surface area contributed by atoms with Gasteiger partial charge in [-0.15, -0.1) is 11.3 Å². The molecule has 0 unspecified atom stereocenters. The minimum absolute atomic E-state index is 0.231. The van der Waals surface area contributed by atoms with Crippen LogP contribution in [0.1, 0.15) is 21.2 Å². The van der Waals surface area contributed by atoms with Crippen molar-refractivity contribution in [3.8, 4) is 0 Å². The van der Waals surface area contributed by atoms with E-state index >= 15 is 0 Å². The number of hydrogen-bond donors (Lipinski definition) is 2. The smallest absolute Gasteiger partial charge is 0.323 e. The number of thiazole rings is 1. The summed E-state index contributed by atoms with van der Waals surface area (Å²) in [6.45, 7) is 2.00. The van der Waals surface area contributed by atoms with Crippen molar-refractivity contribution in [3.05, 3.63) is 40.1 Å². The van der Waals surface area contributed by atoms with Crippen molar-refractivity contribution in [1.29, 1.82) is 0 Å². The first-order valence-electron chi connectivity index (χ1n) is 5.62. The van der Waals surface area contributed by atoms with E-state index in [9.17, 15) is 9.59 Å². The number of hydrogen-bond acceptors (Lipinski definition) is 4. The molecule has 2 heterocycles. The number of aryl methyl sites for hydroxylation is 1. The Hall–Kier alpha value is -2.15. The van der Waals surface area contributed by atoms with E-state index in [-0.39, 0.29) is 12.5 Å². The van der Waals surface area contributed by atoms with Crippen LogP contribution in [-0.4, -0.2) is 26.5 Å². The van der Waals surface area contributed by atoms with Crippen LogP contribution in [0.25, 0.3) is 0 Å². The number of aromatic nitrogens is 2. The highest BCUT2D eigenvalue weighted by Crippen LogP contribution is 2.08. The zero-order chi connectivity index (χ0) is 13.8. The van der Waals surface area contributed by atoms with Crippen molar-refractivity contribution >= 4 is 23.2 Å². The molecule has 7 heteroatoms. The summed E-state index contributed by atoms with van der Waals surface area (Å²) in [5.41, 5.74) is 1.13. The van der Waals surface area contributed by atoms with Gasteiger partial charge in [-0.2, -0.15) is 0 Å². The molecular weight excluding hydrogens is 266 g/mol. The number of amides is 1. The van der Waals surface area contributed by atoms with Crippen LogP contribution in [0.4, 0.5) is 0 Å². The zero-order valence-corrected chi connectivity index (χ0v) is 11.1. The van der Waals surface area contributed by atoms with Gasteiger partial charge in [-0.25, -0.2) is 4.98 Å². The Morgan fingerprint density at radius 1 is 1.53 bits per heavy atom. The summed E-state index contributed by atoms with van der Waals surface area (Å²) in [4.78, 5) is 26.8. The third-order valence-corrected chi connectivity index (χ3v) is 3.29. The minimum atomic E-state index is -0.986. The van der Waals surface area contributed by atoms with Crippen molar-refractivity contribution in [3.63, 3.8) is 0 Å². The highest BCUT2D eigenvalue weighted by molar-refractivity contribution is 7.09. The fourth-order valence-corrected chi connectivity index (χ4v) is 2.27. The van der Waals surface area contributed by atoms with Crippen LogP contribution in [0.15, 0.2) is 23.7 Å². The second-order valence-electron chi connectivity index (χ2n) is 3.96. The fourth-order valence-electron chi connectivity index (χ4n) is 1.65. The van der Waals surface area contributed by atoms with E-state index in [1.165, 1.54) is 15.9 Å². The maximum absolute atomic E-state index is 11.9. The lowest BCUT2D eigenvalue weighted by Crippen LogP contribution is -2.26. The number of nitrogens with zero attached hydrogens (tertiary/aromatic N) is 2. The number of carboxylic acids is 1. The maximum Gasteiger partial charge on any atom is 0.323 e. The van der Waals surface area contributed by atoms with E-state index in [1.54, 1.807) is 18.3 Å². The van der Waals surface area contributed by atoms with E-state index in [4.69, 9.17) is 5.11 Å². The van der Waals surface area contributed by atoms with Gasteiger partial charge in [0, 0.05) is 11.6 Å². The first-order valence-corrected chi connectivity index (χ1v) is 6.50. The van der Waals surface area contributed by atoms with E-state index in [1.807, 2.05) is 12.3 Å². The quantitative estimate of drug-likeness (QED) is 0.863. The van der Waals surface area contributed by atoms with E-state index in [2.05, 4.69) is 10.3 Å². The molecule has 0 atom stereocenters. The van der Waals surface area contributed by atoms with E-state index in [0.29, 0.717) is 12.2 Å². The van der Waals surface area contributed by atoms with Gasteiger partial charge in [-0.3, -0.25) is 9.59 Å². The molecule has 0 radical (unpaired) electrons. The van der Waals surface area contributed by atoms with Crippen LogP contribution in [0, 0.1) is 6.92 Å². The molecule has 1 amide bonds. The zero-order valence-electron chi connectivity index (χ0n) is 10.3. The lowest BCUT2D eigenvalue weighted by molar-refractivity contribution is -0.137. The second kappa shape index (κ2) is 5.66. The van der Waals surface area contributed by atoms with E-state index in [0.717, 1.165) is 10.7 Å². The van der Waals surface area contributed by atoms with Crippen LogP contribution < -0.4 is 5.32 Å². The van der Waals surface area contributed by atoms with Crippen LogP contribution in [0.2, 0.25) is 0 Å². The molecule has 0 aliphatic carbocycles. The summed E-state index contributed by atoms with van der Waals surface area (Å²) in [6, 6.07) is 3.23. The lowest BCUT2D eigenvalue weighted by Gasteiger charge is -2.06. The summed E-state index contributed by atoms with van der Waals surface area (Å²) in [5, 5.41) is 14.3. The Labute approximate surface area is 113 Å². The normalized spacial score (nSPS) is 10.4. The van der Waals surface area contributed by atoms with Gasteiger partial charge in [0.05, 0.1) is 17.2 Å².